The molecule has 1 atom stereocenters. The number of hydrogen-bond donors (Lipinski definition) is 2. The Bertz CT molecular complexity index is 469. The van der Waals surface area contributed by atoms with Crippen molar-refractivity contribution in [2.24, 2.45) is 0 Å². The van der Waals surface area contributed by atoms with Gasteiger partial charge in [0.05, 0.1) is 7.11 Å². The molecule has 0 saturated heterocycles. The van der Waals surface area contributed by atoms with Gasteiger partial charge in [-0.25, -0.2) is 0 Å². The minimum Gasteiger partial charge on any atom is -0.493 e. The highest BCUT2D eigenvalue weighted by Crippen LogP contribution is 2.39. The Morgan fingerprint density at radius 2 is 2.00 bits per heavy atom. The van der Waals surface area contributed by atoms with Crippen molar-refractivity contribution in [3.8, 4) is 17.2 Å². The van der Waals surface area contributed by atoms with Gasteiger partial charge >= 0.3 is 0 Å². The van der Waals surface area contributed by atoms with Crippen LogP contribution >= 0.6 is 0 Å². The zero-order chi connectivity index (χ0) is 14.8. The summed E-state index contributed by atoms with van der Waals surface area (Å²) in [4.78, 5) is 0. The van der Waals surface area contributed by atoms with Crippen molar-refractivity contribution in [2.75, 3.05) is 26.9 Å². The van der Waals surface area contributed by atoms with E-state index >= 15 is 0 Å². The number of nitrogens with one attached hydrogen (secondary N) is 1. The fraction of sp³-hybridized carbons (Fsp3) is 0.600. The van der Waals surface area contributed by atoms with E-state index in [0.29, 0.717) is 23.8 Å². The molecule has 0 amide bonds. The summed E-state index contributed by atoms with van der Waals surface area (Å²) in [6, 6.07) is 5.44. The van der Waals surface area contributed by atoms with Gasteiger partial charge in [0.25, 0.3) is 0 Å². The van der Waals surface area contributed by atoms with Crippen molar-refractivity contribution in [3.63, 3.8) is 0 Å². The quantitative estimate of drug-likeness (QED) is 0.881. The lowest BCUT2D eigenvalue weighted by Gasteiger charge is -2.30. The molecule has 0 fully saturated rings. The maximum Gasteiger partial charge on any atom is 0.203 e. The van der Waals surface area contributed by atoms with E-state index in [1.165, 1.54) is 0 Å². The number of ether oxygens (including phenoxy) is 3. The lowest BCUT2D eigenvalue weighted by atomic mass is 10.0. The summed E-state index contributed by atoms with van der Waals surface area (Å²) >= 11 is 0. The van der Waals surface area contributed by atoms with E-state index in [-0.39, 0.29) is 18.8 Å². The highest BCUT2D eigenvalue weighted by Gasteiger charge is 2.34. The van der Waals surface area contributed by atoms with Crippen molar-refractivity contribution in [1.29, 1.82) is 0 Å². The molecule has 0 bridgehead atoms. The summed E-state index contributed by atoms with van der Waals surface area (Å²) in [5, 5.41) is 13.9. The van der Waals surface area contributed by atoms with Gasteiger partial charge in [-0.3, -0.25) is 0 Å². The van der Waals surface area contributed by atoms with Crippen LogP contribution in [0.5, 0.6) is 17.2 Å². The maximum absolute atomic E-state index is 10.6. The number of para-hydroxylation sites is 1. The normalized spacial score (nSPS) is 22.2. The fourth-order valence-electron chi connectivity index (χ4n) is 1.90. The minimum absolute atomic E-state index is 0.0768. The van der Waals surface area contributed by atoms with E-state index in [9.17, 15) is 5.11 Å². The van der Waals surface area contributed by atoms with E-state index in [0.717, 1.165) is 0 Å². The van der Waals surface area contributed by atoms with Crippen LogP contribution in [-0.4, -0.2) is 43.1 Å². The molecular formula is C15H23NO4. The summed E-state index contributed by atoms with van der Waals surface area (Å²) in [6.45, 7) is 6.87. The predicted octanol–water partition coefficient (Wildman–Crippen LogP) is 1.59. The second-order valence-electron chi connectivity index (χ2n) is 6.19. The van der Waals surface area contributed by atoms with Crippen molar-refractivity contribution < 1.29 is 19.3 Å². The average molecular weight is 281 g/mol. The Hall–Kier alpha value is -1.46. The number of methoxy groups -OCH3 is 1. The van der Waals surface area contributed by atoms with Gasteiger partial charge in [-0.2, -0.15) is 0 Å². The van der Waals surface area contributed by atoms with E-state index < -0.39 is 5.60 Å². The first-order valence-electron chi connectivity index (χ1n) is 6.73. The van der Waals surface area contributed by atoms with Crippen LogP contribution in [0.4, 0.5) is 0 Å². The monoisotopic (exact) mass is 281 g/mol. The van der Waals surface area contributed by atoms with E-state index in [1.807, 2.05) is 26.8 Å². The molecular weight excluding hydrogens is 258 g/mol. The summed E-state index contributed by atoms with van der Waals surface area (Å²) < 4.78 is 16.6. The molecule has 1 aromatic rings. The Labute approximate surface area is 119 Å². The smallest absolute Gasteiger partial charge is 0.203 e. The molecule has 20 heavy (non-hydrogen) atoms. The second kappa shape index (κ2) is 5.50. The number of β-amino-alcohol motifs (C(OH)–C–C–N with tert-alkyl or cyclic N) is 1. The van der Waals surface area contributed by atoms with Gasteiger partial charge in [0.15, 0.2) is 11.5 Å². The van der Waals surface area contributed by atoms with Crippen LogP contribution in [0.2, 0.25) is 0 Å². The molecule has 0 saturated carbocycles. The lowest BCUT2D eigenvalue weighted by molar-refractivity contribution is -0.0305. The first-order valence-corrected chi connectivity index (χ1v) is 6.73. The molecule has 1 aromatic carbocycles. The van der Waals surface area contributed by atoms with Crippen LogP contribution in [0.1, 0.15) is 20.8 Å². The lowest BCUT2D eigenvalue weighted by Crippen LogP contribution is -2.53. The van der Waals surface area contributed by atoms with Gasteiger partial charge in [-0.1, -0.05) is 6.07 Å². The SMILES string of the molecule is COc1cccc2c1OCC(O)(CNC(C)(C)C)CO2. The molecule has 0 radical (unpaired) electrons. The second-order valence-corrected chi connectivity index (χ2v) is 6.19. The van der Waals surface area contributed by atoms with Crippen LogP contribution in [0.15, 0.2) is 18.2 Å². The molecule has 0 aromatic heterocycles. The van der Waals surface area contributed by atoms with Crippen molar-refractivity contribution >= 4 is 0 Å². The van der Waals surface area contributed by atoms with E-state index in [1.54, 1.807) is 19.2 Å². The van der Waals surface area contributed by atoms with Crippen LogP contribution in [-0.2, 0) is 0 Å². The Kier molecular flexibility index (Phi) is 4.11. The zero-order valence-corrected chi connectivity index (χ0v) is 12.5. The van der Waals surface area contributed by atoms with Crippen LogP contribution in [0.25, 0.3) is 0 Å². The van der Waals surface area contributed by atoms with Gasteiger partial charge in [0, 0.05) is 12.1 Å². The molecule has 5 nitrogen and oxygen atoms in total. The number of aliphatic hydroxyl groups is 1. The molecule has 5 heteroatoms. The average Bonchev–Trinajstić information content (AvgIpc) is 2.56. The van der Waals surface area contributed by atoms with Gasteiger partial charge in [-0.05, 0) is 32.9 Å². The van der Waals surface area contributed by atoms with Crippen molar-refractivity contribution in [1.82, 2.24) is 5.32 Å². The summed E-state index contributed by atoms with van der Waals surface area (Å²) in [6.07, 6.45) is 0. The van der Waals surface area contributed by atoms with Gasteiger partial charge in [0.2, 0.25) is 5.75 Å². The Morgan fingerprint density at radius 3 is 2.65 bits per heavy atom. The maximum atomic E-state index is 10.6. The van der Waals surface area contributed by atoms with Gasteiger partial charge < -0.3 is 24.6 Å². The number of fused-ring (bicyclic) bond motifs is 1. The van der Waals surface area contributed by atoms with Gasteiger partial charge in [0.1, 0.15) is 18.8 Å². The fourth-order valence-corrected chi connectivity index (χ4v) is 1.90. The summed E-state index contributed by atoms with van der Waals surface area (Å²) in [5.41, 5.74) is -1.15. The molecule has 2 rings (SSSR count). The molecule has 1 heterocycles. The standard InChI is InChI=1S/C15H23NO4/c1-14(2,3)16-8-15(17)9-19-12-7-5-6-11(18-4)13(12)20-10-15/h5-7,16-17H,8-10H2,1-4H3. The third-order valence-electron chi connectivity index (χ3n) is 3.09. The van der Waals surface area contributed by atoms with Gasteiger partial charge in [-0.15, -0.1) is 0 Å². The molecule has 2 N–H and O–H groups in total. The highest BCUT2D eigenvalue weighted by molar-refractivity contribution is 5.51. The number of benzene rings is 1. The highest BCUT2D eigenvalue weighted by atomic mass is 16.6. The molecule has 1 aliphatic rings. The first kappa shape index (κ1) is 14.9. The third kappa shape index (κ3) is 3.55. The Morgan fingerprint density at radius 1 is 1.30 bits per heavy atom. The zero-order valence-electron chi connectivity index (χ0n) is 12.5. The molecule has 112 valence electrons. The van der Waals surface area contributed by atoms with E-state index in [2.05, 4.69) is 5.32 Å². The van der Waals surface area contributed by atoms with E-state index in [4.69, 9.17) is 14.2 Å². The van der Waals surface area contributed by atoms with Crippen molar-refractivity contribution in [3.05, 3.63) is 18.2 Å². The molecule has 1 aliphatic heterocycles. The molecule has 0 aliphatic carbocycles. The topological polar surface area (TPSA) is 60.0 Å². The molecule has 0 spiro atoms. The third-order valence-corrected chi connectivity index (χ3v) is 3.09. The summed E-state index contributed by atoms with van der Waals surface area (Å²) in [5.74, 6) is 1.74. The van der Waals surface area contributed by atoms with Crippen LogP contribution in [0.3, 0.4) is 0 Å². The largest absolute Gasteiger partial charge is 0.493 e. The minimum atomic E-state index is -1.07. The van der Waals surface area contributed by atoms with Crippen LogP contribution in [0, 0.1) is 0 Å². The molecule has 1 unspecified atom stereocenters. The Balaban J connectivity index is 2.11. The number of rotatable bonds is 3. The number of hydrogen-bond acceptors (Lipinski definition) is 5. The van der Waals surface area contributed by atoms with Crippen LogP contribution < -0.4 is 19.5 Å². The predicted molar refractivity (Wildman–Crippen MR) is 76.7 cm³/mol. The van der Waals surface area contributed by atoms with Crippen molar-refractivity contribution in [2.45, 2.75) is 31.9 Å². The first-order chi connectivity index (χ1) is 9.33. The summed E-state index contributed by atoms with van der Waals surface area (Å²) in [7, 11) is 1.58.